The monoisotopic (exact) mass is 98.0 g/mol. The van der Waals surface area contributed by atoms with Crippen molar-refractivity contribution in [2.75, 3.05) is 6.54 Å². The van der Waals surface area contributed by atoms with Gasteiger partial charge >= 0.3 is 0 Å². The Hall–Kier alpha value is -0.990. The van der Waals surface area contributed by atoms with Crippen molar-refractivity contribution in [2.24, 2.45) is 0 Å². The lowest BCUT2D eigenvalue weighted by Crippen LogP contribution is -2.14. The fourth-order valence-electron chi connectivity index (χ4n) is 0.383. The van der Waals surface area contributed by atoms with E-state index in [1.165, 1.54) is 0 Å². The molecule has 0 bridgehead atoms. The lowest BCUT2D eigenvalue weighted by molar-refractivity contribution is -0.116. The molecule has 1 amide bonds. The molecule has 0 saturated heterocycles. The minimum atomic E-state index is -0.336. The molecule has 0 aromatic carbocycles. The van der Waals surface area contributed by atoms with E-state index >= 15 is 0 Å². The molecule has 7 heavy (non-hydrogen) atoms. The van der Waals surface area contributed by atoms with E-state index in [-0.39, 0.29) is 18.2 Å². The standard InChI is InChI=1S/C4H4NO2/c6-3-1-4(7)5-2-3/h6H,2H2,(H,5,7). The lowest BCUT2D eigenvalue weighted by Gasteiger charge is -1.83. The highest BCUT2D eigenvalue weighted by molar-refractivity contribution is 5.86. The smallest absolute Gasteiger partial charge is 0.256 e. The Morgan fingerprint density at radius 1 is 1.86 bits per heavy atom. The maximum atomic E-state index is 10.1. The molecule has 0 fully saturated rings. The molecule has 0 aliphatic carbocycles. The van der Waals surface area contributed by atoms with Crippen molar-refractivity contribution < 1.29 is 9.90 Å². The molecule has 3 nitrogen and oxygen atoms in total. The van der Waals surface area contributed by atoms with E-state index in [0.717, 1.165) is 0 Å². The summed E-state index contributed by atoms with van der Waals surface area (Å²) in [7, 11) is 0. The van der Waals surface area contributed by atoms with Crippen molar-refractivity contribution in [2.45, 2.75) is 0 Å². The third-order valence-corrected chi connectivity index (χ3v) is 0.674. The quantitative estimate of drug-likeness (QED) is 0.423. The Kier molecular flexibility index (Phi) is 0.749. The van der Waals surface area contributed by atoms with Crippen LogP contribution in [0.1, 0.15) is 0 Å². The van der Waals surface area contributed by atoms with E-state index in [4.69, 9.17) is 5.11 Å². The normalized spacial score (nSPS) is 18.9. The summed E-state index contributed by atoms with van der Waals surface area (Å²) in [5.41, 5.74) is 0. The number of hydrogen-bond acceptors (Lipinski definition) is 2. The highest BCUT2D eigenvalue weighted by Crippen LogP contribution is 1.90. The zero-order chi connectivity index (χ0) is 5.28. The van der Waals surface area contributed by atoms with E-state index < -0.39 is 0 Å². The molecule has 37 valence electrons. The molecule has 0 aromatic rings. The average molecular weight is 98.1 g/mol. The van der Waals surface area contributed by atoms with Gasteiger partial charge in [0.25, 0.3) is 5.91 Å². The van der Waals surface area contributed by atoms with Crippen molar-refractivity contribution in [1.29, 1.82) is 0 Å². The van der Waals surface area contributed by atoms with Gasteiger partial charge in [-0.3, -0.25) is 4.79 Å². The molecule has 2 N–H and O–H groups in total. The molecule has 1 aliphatic heterocycles. The van der Waals surface area contributed by atoms with Crippen LogP contribution in [0, 0.1) is 6.08 Å². The van der Waals surface area contributed by atoms with Crippen LogP contribution in [-0.2, 0) is 4.79 Å². The Morgan fingerprint density at radius 3 is 2.71 bits per heavy atom. The summed E-state index contributed by atoms with van der Waals surface area (Å²) in [5.74, 6) is -0.345. The summed E-state index contributed by atoms with van der Waals surface area (Å²) in [6.07, 6.45) is 2.14. The van der Waals surface area contributed by atoms with E-state index in [1.807, 2.05) is 0 Å². The van der Waals surface area contributed by atoms with Crippen LogP contribution in [0.2, 0.25) is 0 Å². The second kappa shape index (κ2) is 1.26. The molecule has 1 rings (SSSR count). The van der Waals surface area contributed by atoms with Gasteiger partial charge in [-0.25, -0.2) is 0 Å². The van der Waals surface area contributed by atoms with Crippen LogP contribution in [0.15, 0.2) is 5.76 Å². The van der Waals surface area contributed by atoms with E-state index in [9.17, 15) is 4.79 Å². The molecule has 0 saturated carbocycles. The molecular weight excluding hydrogens is 94.0 g/mol. The van der Waals surface area contributed by atoms with Gasteiger partial charge in [0.2, 0.25) is 0 Å². The van der Waals surface area contributed by atoms with Crippen LogP contribution in [0.4, 0.5) is 0 Å². The number of amides is 1. The van der Waals surface area contributed by atoms with Crippen LogP contribution in [0.25, 0.3) is 0 Å². The highest BCUT2D eigenvalue weighted by Gasteiger charge is 2.07. The number of aliphatic hydroxyl groups is 1. The first-order valence-corrected chi connectivity index (χ1v) is 1.88. The number of rotatable bonds is 0. The minimum Gasteiger partial charge on any atom is -0.510 e. The zero-order valence-corrected chi connectivity index (χ0v) is 3.56. The van der Waals surface area contributed by atoms with Gasteiger partial charge in [0, 0.05) is 0 Å². The summed E-state index contributed by atoms with van der Waals surface area (Å²) in [5, 5.41) is 10.8. The highest BCUT2D eigenvalue weighted by atomic mass is 16.3. The van der Waals surface area contributed by atoms with Crippen LogP contribution in [0.3, 0.4) is 0 Å². The van der Waals surface area contributed by atoms with Gasteiger partial charge < -0.3 is 10.4 Å². The van der Waals surface area contributed by atoms with Crippen molar-refractivity contribution in [3.63, 3.8) is 0 Å². The molecule has 0 atom stereocenters. The van der Waals surface area contributed by atoms with Crippen LogP contribution in [0.5, 0.6) is 0 Å². The molecule has 3 heteroatoms. The molecule has 0 aromatic heterocycles. The van der Waals surface area contributed by atoms with E-state index in [2.05, 4.69) is 11.4 Å². The predicted molar refractivity (Wildman–Crippen MR) is 22.4 cm³/mol. The number of hydrogen-bond donors (Lipinski definition) is 2. The minimum absolute atomic E-state index is 0.00926. The van der Waals surface area contributed by atoms with Gasteiger partial charge in [0.15, 0.2) is 0 Å². The molecule has 0 unspecified atom stereocenters. The molecular formula is C4H4NO2. The molecule has 1 aliphatic rings. The van der Waals surface area contributed by atoms with Crippen molar-refractivity contribution in [3.05, 3.63) is 11.8 Å². The Morgan fingerprint density at radius 2 is 2.57 bits per heavy atom. The number of nitrogens with one attached hydrogen (secondary N) is 1. The molecule has 1 heterocycles. The van der Waals surface area contributed by atoms with Crippen LogP contribution < -0.4 is 5.32 Å². The average Bonchev–Trinajstić information content (AvgIpc) is 1.87. The van der Waals surface area contributed by atoms with E-state index in [0.29, 0.717) is 0 Å². The van der Waals surface area contributed by atoms with Crippen molar-refractivity contribution in [3.8, 4) is 0 Å². The fourth-order valence-corrected chi connectivity index (χ4v) is 0.383. The lowest BCUT2D eigenvalue weighted by atomic mass is 10.5. The first kappa shape index (κ1) is 4.18. The van der Waals surface area contributed by atoms with Crippen LogP contribution in [-0.4, -0.2) is 17.6 Å². The first-order valence-electron chi connectivity index (χ1n) is 1.88. The van der Waals surface area contributed by atoms with Crippen molar-refractivity contribution >= 4 is 5.91 Å². The summed E-state index contributed by atoms with van der Waals surface area (Å²) >= 11 is 0. The largest absolute Gasteiger partial charge is 0.510 e. The SMILES string of the molecule is O=C1[C]=C(O)CN1. The number of aliphatic hydroxyl groups excluding tert-OH is 1. The van der Waals surface area contributed by atoms with Gasteiger partial charge in [-0.2, -0.15) is 0 Å². The predicted octanol–water partition coefficient (Wildman–Crippen LogP) is -0.639. The third-order valence-electron chi connectivity index (χ3n) is 0.674. The second-order valence-corrected chi connectivity index (χ2v) is 1.25. The van der Waals surface area contributed by atoms with Gasteiger partial charge in [0.05, 0.1) is 12.6 Å². The number of carbonyl (C=O) groups is 1. The molecule has 1 radical (unpaired) electrons. The Labute approximate surface area is 40.6 Å². The van der Waals surface area contributed by atoms with Gasteiger partial charge in [-0.05, 0) is 0 Å². The maximum Gasteiger partial charge on any atom is 0.256 e. The third kappa shape index (κ3) is 0.707. The summed E-state index contributed by atoms with van der Waals surface area (Å²) < 4.78 is 0. The summed E-state index contributed by atoms with van der Waals surface area (Å²) in [4.78, 5) is 10.1. The molecule has 0 spiro atoms. The maximum absolute atomic E-state index is 10.1. The zero-order valence-electron chi connectivity index (χ0n) is 3.56. The van der Waals surface area contributed by atoms with Crippen molar-refractivity contribution in [1.82, 2.24) is 5.32 Å². The summed E-state index contributed by atoms with van der Waals surface area (Å²) in [6.45, 7) is 0.235. The Bertz CT molecular complexity index is 128. The summed E-state index contributed by atoms with van der Waals surface area (Å²) in [6, 6.07) is 0. The number of carbonyl (C=O) groups excluding carboxylic acids is 1. The van der Waals surface area contributed by atoms with E-state index in [1.54, 1.807) is 0 Å². The first-order chi connectivity index (χ1) is 3.29. The van der Waals surface area contributed by atoms with Gasteiger partial charge in [-0.1, -0.05) is 0 Å². The van der Waals surface area contributed by atoms with Gasteiger partial charge in [-0.15, -0.1) is 0 Å². The fraction of sp³-hybridized carbons (Fsp3) is 0.250. The van der Waals surface area contributed by atoms with Crippen LogP contribution >= 0.6 is 0 Å². The Balaban J connectivity index is 2.67. The second-order valence-electron chi connectivity index (χ2n) is 1.25. The van der Waals surface area contributed by atoms with Gasteiger partial charge in [0.1, 0.15) is 5.76 Å². The topological polar surface area (TPSA) is 49.3 Å².